The highest BCUT2D eigenvalue weighted by Crippen LogP contribution is 2.36. The number of aryl methyl sites for hydroxylation is 1. The minimum atomic E-state index is 0.701. The van der Waals surface area contributed by atoms with Crippen LogP contribution in [0.25, 0.3) is 0 Å². The summed E-state index contributed by atoms with van der Waals surface area (Å²) in [5.41, 5.74) is 1.46. The Kier molecular flexibility index (Phi) is 4.95. The van der Waals surface area contributed by atoms with E-state index in [1.165, 1.54) is 31.2 Å². The summed E-state index contributed by atoms with van der Waals surface area (Å²) in [7, 11) is 0. The van der Waals surface area contributed by atoms with E-state index in [9.17, 15) is 0 Å². The molecule has 2 saturated heterocycles. The number of nitrogens with one attached hydrogen (secondary N) is 1. The first-order valence-corrected chi connectivity index (χ1v) is 9.39. The van der Waals surface area contributed by atoms with Gasteiger partial charge in [0.15, 0.2) is 0 Å². The molecule has 0 amide bonds. The van der Waals surface area contributed by atoms with Crippen LogP contribution in [-0.2, 0) is 13.1 Å². The monoisotopic (exact) mass is 324 g/mol. The molecular weight excluding hydrogens is 296 g/mol. The summed E-state index contributed by atoms with van der Waals surface area (Å²) in [6.45, 7) is 3.24. The number of benzene rings is 1. The Morgan fingerprint density at radius 2 is 1.83 bits per heavy atom. The molecule has 0 saturated carbocycles. The second-order valence-corrected chi connectivity index (χ2v) is 7.29. The molecule has 2 bridgehead atoms. The van der Waals surface area contributed by atoms with Crippen LogP contribution in [0.3, 0.4) is 0 Å². The number of hydrogen-bond acceptors (Lipinski definition) is 3. The molecule has 4 rings (SSSR count). The SMILES string of the molecule is c1ccc(CN2[C@@H]3CC[C@H]2CC(NCCCn2cccn2)C3)cc1. The average Bonchev–Trinajstić information content (AvgIpc) is 3.19. The van der Waals surface area contributed by atoms with Gasteiger partial charge in [0.2, 0.25) is 0 Å². The van der Waals surface area contributed by atoms with E-state index in [0.717, 1.165) is 38.1 Å². The summed E-state index contributed by atoms with van der Waals surface area (Å²) < 4.78 is 2.02. The van der Waals surface area contributed by atoms with Gasteiger partial charge < -0.3 is 5.32 Å². The zero-order valence-corrected chi connectivity index (χ0v) is 14.3. The highest BCUT2D eigenvalue weighted by atomic mass is 15.3. The van der Waals surface area contributed by atoms with Gasteiger partial charge in [-0.25, -0.2) is 0 Å². The Bertz CT molecular complexity index is 596. The molecule has 2 aliphatic heterocycles. The van der Waals surface area contributed by atoms with Crippen LogP contribution in [0, 0.1) is 0 Å². The molecule has 4 nitrogen and oxygen atoms in total. The van der Waals surface area contributed by atoms with Crippen molar-refractivity contribution >= 4 is 0 Å². The molecule has 4 heteroatoms. The molecule has 3 atom stereocenters. The first-order valence-electron chi connectivity index (χ1n) is 9.39. The van der Waals surface area contributed by atoms with Gasteiger partial charge in [-0.2, -0.15) is 5.10 Å². The molecule has 0 spiro atoms. The van der Waals surface area contributed by atoms with Crippen molar-refractivity contribution in [3.05, 3.63) is 54.4 Å². The summed E-state index contributed by atoms with van der Waals surface area (Å²) >= 11 is 0. The van der Waals surface area contributed by atoms with E-state index < -0.39 is 0 Å². The Morgan fingerprint density at radius 3 is 2.54 bits per heavy atom. The lowest BCUT2D eigenvalue weighted by Crippen LogP contribution is -2.48. The number of nitrogens with zero attached hydrogens (tertiary/aromatic N) is 3. The second-order valence-electron chi connectivity index (χ2n) is 7.29. The molecule has 24 heavy (non-hydrogen) atoms. The molecule has 0 radical (unpaired) electrons. The molecule has 0 aliphatic carbocycles. The minimum absolute atomic E-state index is 0.701. The van der Waals surface area contributed by atoms with Gasteiger partial charge >= 0.3 is 0 Å². The van der Waals surface area contributed by atoms with Gasteiger partial charge in [0.05, 0.1) is 0 Å². The van der Waals surface area contributed by atoms with Crippen molar-refractivity contribution in [2.24, 2.45) is 0 Å². The van der Waals surface area contributed by atoms with Crippen LogP contribution < -0.4 is 5.32 Å². The van der Waals surface area contributed by atoms with E-state index >= 15 is 0 Å². The zero-order chi connectivity index (χ0) is 16.2. The van der Waals surface area contributed by atoms with Crippen molar-refractivity contribution in [3.63, 3.8) is 0 Å². The van der Waals surface area contributed by atoms with Crippen molar-refractivity contribution in [2.75, 3.05) is 6.54 Å². The Hall–Kier alpha value is -1.65. The number of piperidine rings is 1. The topological polar surface area (TPSA) is 33.1 Å². The normalized spacial score (nSPS) is 26.8. The lowest BCUT2D eigenvalue weighted by molar-refractivity contribution is 0.109. The van der Waals surface area contributed by atoms with Crippen molar-refractivity contribution in [2.45, 2.75) is 63.3 Å². The number of fused-ring (bicyclic) bond motifs is 2. The molecule has 2 fully saturated rings. The highest BCUT2D eigenvalue weighted by molar-refractivity contribution is 5.15. The van der Waals surface area contributed by atoms with Gasteiger partial charge in [0.25, 0.3) is 0 Å². The van der Waals surface area contributed by atoms with Crippen LogP contribution >= 0.6 is 0 Å². The molecule has 3 heterocycles. The zero-order valence-electron chi connectivity index (χ0n) is 14.3. The molecule has 2 aliphatic rings. The number of aromatic nitrogens is 2. The maximum atomic E-state index is 4.27. The molecule has 1 N–H and O–H groups in total. The van der Waals surface area contributed by atoms with Gasteiger partial charge in [0.1, 0.15) is 0 Å². The van der Waals surface area contributed by atoms with Crippen LogP contribution in [-0.4, -0.2) is 39.4 Å². The lowest BCUT2D eigenvalue weighted by atomic mass is 9.96. The van der Waals surface area contributed by atoms with Gasteiger partial charge in [-0.1, -0.05) is 30.3 Å². The number of rotatable bonds is 7. The average molecular weight is 324 g/mol. The summed E-state index contributed by atoms with van der Waals surface area (Å²) in [5.74, 6) is 0. The molecule has 1 unspecified atom stereocenters. The van der Waals surface area contributed by atoms with E-state index in [1.54, 1.807) is 0 Å². The van der Waals surface area contributed by atoms with Gasteiger partial charge in [0, 0.05) is 43.6 Å². The third-order valence-electron chi connectivity index (χ3n) is 5.65. The molecule has 128 valence electrons. The maximum absolute atomic E-state index is 4.27. The smallest absolute Gasteiger partial charge is 0.0489 e. The quantitative estimate of drug-likeness (QED) is 0.795. The van der Waals surface area contributed by atoms with E-state index in [-0.39, 0.29) is 0 Å². The van der Waals surface area contributed by atoms with E-state index in [2.05, 4.69) is 45.6 Å². The van der Waals surface area contributed by atoms with Crippen molar-refractivity contribution in [1.82, 2.24) is 20.0 Å². The first kappa shape index (κ1) is 15.9. The van der Waals surface area contributed by atoms with E-state index in [4.69, 9.17) is 0 Å². The van der Waals surface area contributed by atoms with Crippen molar-refractivity contribution in [3.8, 4) is 0 Å². The summed E-state index contributed by atoms with van der Waals surface area (Å²) in [6.07, 6.45) is 10.4. The fraction of sp³-hybridized carbons (Fsp3) is 0.550. The highest BCUT2D eigenvalue weighted by Gasteiger charge is 2.40. The van der Waals surface area contributed by atoms with Gasteiger partial charge in [-0.05, 0) is 50.3 Å². The second kappa shape index (κ2) is 7.49. The molecule has 2 aromatic rings. The molecule has 1 aromatic carbocycles. The van der Waals surface area contributed by atoms with Crippen molar-refractivity contribution < 1.29 is 0 Å². The van der Waals surface area contributed by atoms with Crippen LogP contribution in [0.15, 0.2) is 48.8 Å². The number of hydrogen-bond donors (Lipinski definition) is 1. The third-order valence-corrected chi connectivity index (χ3v) is 5.65. The largest absolute Gasteiger partial charge is 0.314 e. The summed E-state index contributed by atoms with van der Waals surface area (Å²) in [5, 5.41) is 8.07. The molecular formula is C20H28N4. The van der Waals surface area contributed by atoms with Crippen LogP contribution in [0.5, 0.6) is 0 Å². The van der Waals surface area contributed by atoms with Crippen LogP contribution in [0.2, 0.25) is 0 Å². The Labute approximate surface area is 144 Å². The van der Waals surface area contributed by atoms with Gasteiger partial charge in [-0.15, -0.1) is 0 Å². The minimum Gasteiger partial charge on any atom is -0.314 e. The lowest BCUT2D eigenvalue weighted by Gasteiger charge is -2.39. The Balaban J connectivity index is 1.24. The summed E-state index contributed by atoms with van der Waals surface area (Å²) in [6, 6.07) is 15.2. The van der Waals surface area contributed by atoms with E-state index in [1.807, 2.05) is 23.1 Å². The van der Waals surface area contributed by atoms with E-state index in [0.29, 0.717) is 6.04 Å². The van der Waals surface area contributed by atoms with Crippen molar-refractivity contribution in [1.29, 1.82) is 0 Å². The Morgan fingerprint density at radius 1 is 1.04 bits per heavy atom. The predicted octanol–water partition coefficient (Wildman–Crippen LogP) is 3.06. The molecule has 1 aromatic heterocycles. The fourth-order valence-corrected chi connectivity index (χ4v) is 4.47. The van der Waals surface area contributed by atoms with Gasteiger partial charge in [-0.3, -0.25) is 9.58 Å². The van der Waals surface area contributed by atoms with Crippen LogP contribution in [0.1, 0.15) is 37.7 Å². The summed E-state index contributed by atoms with van der Waals surface area (Å²) in [4.78, 5) is 2.76. The maximum Gasteiger partial charge on any atom is 0.0489 e. The van der Waals surface area contributed by atoms with Crippen LogP contribution in [0.4, 0.5) is 0 Å². The third kappa shape index (κ3) is 3.70. The predicted molar refractivity (Wildman–Crippen MR) is 96.7 cm³/mol. The standard InChI is InChI=1S/C20H28N4/c1-2-6-17(7-3-1)16-24-19-8-9-20(24)15-18(14-19)21-10-4-12-23-13-5-11-22-23/h1-3,5-7,11,13,18-21H,4,8-10,12,14-16H2/t18?,19-,20+. The first-order chi connectivity index (χ1) is 11.9. The fourth-order valence-electron chi connectivity index (χ4n) is 4.47.